The third kappa shape index (κ3) is 4.85. The van der Waals surface area contributed by atoms with E-state index in [2.05, 4.69) is 14.9 Å². The van der Waals surface area contributed by atoms with E-state index in [-0.39, 0.29) is 16.5 Å². The van der Waals surface area contributed by atoms with Gasteiger partial charge in [0.2, 0.25) is 0 Å². The average Bonchev–Trinajstić information content (AvgIpc) is 3.10. The number of anilines is 1. The van der Waals surface area contributed by atoms with Gasteiger partial charge in [0.1, 0.15) is 23.4 Å². The van der Waals surface area contributed by atoms with E-state index in [9.17, 15) is 20.2 Å². The number of nitrogens with zero attached hydrogens (tertiary/aromatic N) is 5. The fraction of sp³-hybridized carbons (Fsp3) is 0.286. The number of nitro groups is 2. The van der Waals surface area contributed by atoms with Crippen LogP contribution in [0.2, 0.25) is 5.15 Å². The molecule has 0 atom stereocenters. The van der Waals surface area contributed by atoms with E-state index in [4.69, 9.17) is 11.6 Å². The van der Waals surface area contributed by atoms with Crippen molar-refractivity contribution < 1.29 is 9.85 Å². The normalized spacial score (nSPS) is 13.1. The standard InChI is InChI=1S/C9H11N3O2.C5H3ClN2O2/c13-12(14)8-3-4-9(10-7-8)11-5-1-2-6-11;6-5-2-1-4(3-7-5)8(9)10/h3-4,7H,1-2,5-6H2;1-3H. The maximum atomic E-state index is 10.4. The van der Waals surface area contributed by atoms with Crippen LogP contribution in [0.1, 0.15) is 12.8 Å². The van der Waals surface area contributed by atoms with Gasteiger partial charge in [-0.3, -0.25) is 20.2 Å². The second kappa shape index (κ2) is 8.16. The summed E-state index contributed by atoms with van der Waals surface area (Å²) >= 11 is 5.38. The van der Waals surface area contributed by atoms with Crippen molar-refractivity contribution in [2.45, 2.75) is 12.8 Å². The number of pyridine rings is 2. The Bertz CT molecular complexity index is 702. The second-order valence-electron chi connectivity index (χ2n) is 4.92. The molecule has 3 rings (SSSR count). The van der Waals surface area contributed by atoms with Crippen molar-refractivity contribution in [2.24, 2.45) is 0 Å². The SMILES string of the molecule is O=[N+]([O-])c1ccc(Cl)nc1.O=[N+]([O-])c1ccc(N2CCCC2)nc1. The number of hydrogen-bond acceptors (Lipinski definition) is 7. The predicted molar refractivity (Wildman–Crippen MR) is 88.2 cm³/mol. The molecule has 0 aromatic carbocycles. The summed E-state index contributed by atoms with van der Waals surface area (Å²) in [6.45, 7) is 2.01. The van der Waals surface area contributed by atoms with Crippen LogP contribution in [0.3, 0.4) is 0 Å². The Morgan fingerprint density at radius 2 is 1.46 bits per heavy atom. The molecule has 2 aromatic heterocycles. The lowest BCUT2D eigenvalue weighted by Gasteiger charge is -2.15. The van der Waals surface area contributed by atoms with Gasteiger partial charge in [0, 0.05) is 25.2 Å². The number of halogens is 1. The lowest BCUT2D eigenvalue weighted by atomic mass is 10.4. The van der Waals surface area contributed by atoms with Crippen LogP contribution in [0, 0.1) is 20.2 Å². The van der Waals surface area contributed by atoms with E-state index in [0.29, 0.717) is 0 Å². The van der Waals surface area contributed by atoms with Gasteiger partial charge >= 0.3 is 0 Å². The molecule has 126 valence electrons. The van der Waals surface area contributed by atoms with Crippen LogP contribution in [-0.4, -0.2) is 32.9 Å². The van der Waals surface area contributed by atoms with Crippen molar-refractivity contribution in [3.05, 3.63) is 62.0 Å². The second-order valence-corrected chi connectivity index (χ2v) is 5.31. The molecule has 1 saturated heterocycles. The van der Waals surface area contributed by atoms with Gasteiger partial charge in [0.25, 0.3) is 11.4 Å². The molecule has 1 fully saturated rings. The number of hydrogen-bond donors (Lipinski definition) is 0. The van der Waals surface area contributed by atoms with Crippen molar-refractivity contribution in [2.75, 3.05) is 18.0 Å². The molecule has 0 bridgehead atoms. The largest absolute Gasteiger partial charge is 0.357 e. The predicted octanol–water partition coefficient (Wildman–Crippen LogP) is 3.23. The molecule has 10 heteroatoms. The zero-order valence-corrected chi connectivity index (χ0v) is 13.3. The number of aromatic nitrogens is 2. The first-order chi connectivity index (χ1) is 11.5. The molecule has 1 aliphatic rings. The first kappa shape index (κ1) is 17.5. The van der Waals surface area contributed by atoms with Crippen molar-refractivity contribution >= 4 is 28.8 Å². The minimum absolute atomic E-state index is 0.0490. The smallest absolute Gasteiger partial charge is 0.287 e. The minimum Gasteiger partial charge on any atom is -0.357 e. The first-order valence-corrected chi connectivity index (χ1v) is 7.46. The van der Waals surface area contributed by atoms with Gasteiger partial charge < -0.3 is 4.90 Å². The molecule has 0 radical (unpaired) electrons. The van der Waals surface area contributed by atoms with Crippen LogP contribution in [0.25, 0.3) is 0 Å². The third-order valence-electron chi connectivity index (χ3n) is 3.30. The fourth-order valence-corrected chi connectivity index (χ4v) is 2.21. The molecule has 0 N–H and O–H groups in total. The van der Waals surface area contributed by atoms with Gasteiger partial charge in [-0.15, -0.1) is 0 Å². The third-order valence-corrected chi connectivity index (χ3v) is 3.52. The van der Waals surface area contributed by atoms with Crippen LogP contribution in [0.5, 0.6) is 0 Å². The number of rotatable bonds is 3. The summed E-state index contributed by atoms with van der Waals surface area (Å²) in [5, 5.41) is 20.7. The molecule has 0 spiro atoms. The van der Waals surface area contributed by atoms with Crippen molar-refractivity contribution in [1.29, 1.82) is 0 Å². The van der Waals surface area contributed by atoms with Crippen LogP contribution in [0.4, 0.5) is 17.2 Å². The molecule has 0 unspecified atom stereocenters. The Morgan fingerprint density at radius 3 is 1.88 bits per heavy atom. The van der Waals surface area contributed by atoms with Gasteiger partial charge in [-0.25, -0.2) is 9.97 Å². The molecule has 1 aliphatic heterocycles. The van der Waals surface area contributed by atoms with E-state index >= 15 is 0 Å². The molecule has 9 nitrogen and oxygen atoms in total. The first-order valence-electron chi connectivity index (χ1n) is 7.08. The lowest BCUT2D eigenvalue weighted by molar-refractivity contribution is -0.385. The Hall–Kier alpha value is -2.81. The molecule has 0 amide bonds. The summed E-state index contributed by atoms with van der Waals surface area (Å²) < 4.78 is 0. The van der Waals surface area contributed by atoms with E-state index in [1.807, 2.05) is 0 Å². The average molecular weight is 352 g/mol. The summed E-state index contributed by atoms with van der Waals surface area (Å²) in [5.41, 5.74) is -0.00246. The van der Waals surface area contributed by atoms with Crippen LogP contribution in [-0.2, 0) is 0 Å². The van der Waals surface area contributed by atoms with Crippen molar-refractivity contribution in [3.63, 3.8) is 0 Å². The molecule has 2 aromatic rings. The Kier molecular flexibility index (Phi) is 5.96. The van der Waals surface area contributed by atoms with E-state index < -0.39 is 9.85 Å². The van der Waals surface area contributed by atoms with Crippen LogP contribution >= 0.6 is 11.6 Å². The highest BCUT2D eigenvalue weighted by molar-refractivity contribution is 6.29. The van der Waals surface area contributed by atoms with Gasteiger partial charge in [-0.2, -0.15) is 0 Å². The van der Waals surface area contributed by atoms with Gasteiger partial charge in [-0.05, 0) is 25.0 Å². The Balaban J connectivity index is 0.000000185. The van der Waals surface area contributed by atoms with E-state index in [1.54, 1.807) is 6.07 Å². The van der Waals surface area contributed by atoms with Gasteiger partial charge in [0.15, 0.2) is 0 Å². The quantitative estimate of drug-likeness (QED) is 0.473. The highest BCUT2D eigenvalue weighted by Crippen LogP contribution is 2.19. The van der Waals surface area contributed by atoms with Gasteiger partial charge in [-0.1, -0.05) is 11.6 Å². The molecule has 3 heterocycles. The van der Waals surface area contributed by atoms with Crippen molar-refractivity contribution in [3.8, 4) is 0 Å². The summed E-state index contributed by atoms with van der Waals surface area (Å²) in [4.78, 5) is 29.2. The van der Waals surface area contributed by atoms with Crippen molar-refractivity contribution in [1.82, 2.24) is 9.97 Å². The molecule has 24 heavy (non-hydrogen) atoms. The minimum atomic E-state index is -0.524. The molecule has 0 saturated carbocycles. The maximum Gasteiger partial charge on any atom is 0.287 e. The Labute approximate surface area is 142 Å². The fourth-order valence-electron chi connectivity index (χ4n) is 2.10. The summed E-state index contributed by atoms with van der Waals surface area (Å²) in [7, 11) is 0. The molecule has 0 aliphatic carbocycles. The van der Waals surface area contributed by atoms with Gasteiger partial charge in [0.05, 0.1) is 9.85 Å². The summed E-state index contributed by atoms with van der Waals surface area (Å²) in [6, 6.07) is 5.89. The van der Waals surface area contributed by atoms with E-state index in [1.165, 1.54) is 37.2 Å². The Morgan fingerprint density at radius 1 is 0.917 bits per heavy atom. The highest BCUT2D eigenvalue weighted by atomic mass is 35.5. The highest BCUT2D eigenvalue weighted by Gasteiger charge is 2.14. The monoisotopic (exact) mass is 351 g/mol. The molecular formula is C14H14ClN5O4. The van der Waals surface area contributed by atoms with Crippen LogP contribution < -0.4 is 4.90 Å². The topological polar surface area (TPSA) is 115 Å². The zero-order valence-electron chi connectivity index (χ0n) is 12.5. The lowest BCUT2D eigenvalue weighted by Crippen LogP contribution is -2.18. The maximum absolute atomic E-state index is 10.4. The zero-order chi connectivity index (χ0) is 17.5. The molecular weight excluding hydrogens is 338 g/mol. The summed E-state index contributed by atoms with van der Waals surface area (Å²) in [5.74, 6) is 0.841. The van der Waals surface area contributed by atoms with Crippen LogP contribution in [0.15, 0.2) is 36.7 Å². The summed E-state index contributed by atoms with van der Waals surface area (Å²) in [6.07, 6.45) is 4.79. The van der Waals surface area contributed by atoms with E-state index in [0.717, 1.165) is 25.1 Å².